The van der Waals surface area contributed by atoms with Crippen LogP contribution in [-0.4, -0.2) is 48.4 Å². The maximum Gasteiger partial charge on any atom is 0.197 e. The van der Waals surface area contributed by atoms with Crippen molar-refractivity contribution in [3.63, 3.8) is 0 Å². The zero-order chi connectivity index (χ0) is 23.1. The summed E-state index contributed by atoms with van der Waals surface area (Å²) in [5, 5.41) is 9.14. The van der Waals surface area contributed by atoms with Crippen LogP contribution in [0, 0.1) is 27.7 Å². The van der Waals surface area contributed by atoms with Crippen molar-refractivity contribution in [3.05, 3.63) is 64.9 Å². The normalized spacial score (nSPS) is 15.2. The first-order valence-electron chi connectivity index (χ1n) is 10.8. The summed E-state index contributed by atoms with van der Waals surface area (Å²) < 4.78 is 16.0. The van der Waals surface area contributed by atoms with Crippen LogP contribution in [0.5, 0.6) is 11.5 Å². The number of hydrogen-bond acceptors (Lipinski definition) is 7. The average Bonchev–Trinajstić information content (AvgIpc) is 3.33. The molecule has 0 N–H and O–H groups in total. The van der Waals surface area contributed by atoms with E-state index in [0.717, 1.165) is 45.6 Å². The number of Topliss-reactive ketones (excluding diaryl/α,β-unsaturated/α-hetero) is 1. The van der Waals surface area contributed by atoms with Crippen LogP contribution in [0.15, 0.2) is 41.6 Å². The number of nitrogens with zero attached hydrogens (tertiary/aromatic N) is 5. The molecule has 4 heterocycles. The summed E-state index contributed by atoms with van der Waals surface area (Å²) in [6.07, 6.45) is -0.122. The Bertz CT molecular complexity index is 1360. The first-order valence-corrected chi connectivity index (χ1v) is 11.8. The number of thioether (sulfide) groups is 1. The number of para-hydroxylation sites is 2. The first kappa shape index (κ1) is 21.5. The van der Waals surface area contributed by atoms with Crippen LogP contribution in [0.2, 0.25) is 0 Å². The third-order valence-corrected chi connectivity index (χ3v) is 6.75. The molecule has 3 aromatic heterocycles. The number of hydrogen-bond donors (Lipinski definition) is 0. The summed E-state index contributed by atoms with van der Waals surface area (Å²) in [5.41, 5.74) is 4.30. The van der Waals surface area contributed by atoms with Gasteiger partial charge in [0, 0.05) is 28.7 Å². The number of carbonyl (C=O) groups excluding carboxylic acids is 1. The van der Waals surface area contributed by atoms with Crippen LogP contribution in [0.25, 0.3) is 5.65 Å². The van der Waals surface area contributed by atoms with Gasteiger partial charge < -0.3 is 14.0 Å². The average molecular weight is 464 g/mol. The maximum atomic E-state index is 13.1. The van der Waals surface area contributed by atoms with Crippen molar-refractivity contribution in [2.24, 2.45) is 0 Å². The molecule has 0 saturated heterocycles. The van der Waals surface area contributed by atoms with Crippen LogP contribution < -0.4 is 9.47 Å². The van der Waals surface area contributed by atoms with Crippen molar-refractivity contribution in [2.75, 3.05) is 12.4 Å². The van der Waals surface area contributed by atoms with Gasteiger partial charge in [0.05, 0.1) is 12.3 Å². The van der Waals surface area contributed by atoms with Gasteiger partial charge in [0.2, 0.25) is 0 Å². The van der Waals surface area contributed by atoms with Gasteiger partial charge in [-0.05, 0) is 45.9 Å². The Morgan fingerprint density at radius 1 is 1.12 bits per heavy atom. The predicted octanol–water partition coefficient (Wildman–Crippen LogP) is 3.97. The molecule has 0 amide bonds. The molecule has 5 rings (SSSR count). The molecule has 1 atom stereocenters. The van der Waals surface area contributed by atoms with Crippen molar-refractivity contribution in [3.8, 4) is 11.5 Å². The molecule has 1 aliphatic rings. The van der Waals surface area contributed by atoms with Gasteiger partial charge in [-0.3, -0.25) is 9.20 Å². The molecule has 0 aliphatic carbocycles. The monoisotopic (exact) mass is 463 g/mol. The predicted molar refractivity (Wildman–Crippen MR) is 126 cm³/mol. The lowest BCUT2D eigenvalue weighted by atomic mass is 10.2. The molecular weight excluding hydrogens is 438 g/mol. The van der Waals surface area contributed by atoms with Crippen molar-refractivity contribution >= 4 is 23.2 Å². The molecule has 8 nitrogen and oxygen atoms in total. The maximum absolute atomic E-state index is 13.1. The van der Waals surface area contributed by atoms with E-state index in [9.17, 15) is 4.79 Å². The van der Waals surface area contributed by atoms with Gasteiger partial charge in [0.15, 0.2) is 34.2 Å². The van der Waals surface area contributed by atoms with Crippen molar-refractivity contribution in [1.29, 1.82) is 0 Å². The smallest absolute Gasteiger partial charge is 0.197 e. The highest BCUT2D eigenvalue weighted by Gasteiger charge is 2.24. The van der Waals surface area contributed by atoms with Gasteiger partial charge in [-0.15, -0.1) is 10.2 Å². The summed E-state index contributed by atoms with van der Waals surface area (Å²) in [5.74, 6) is 2.66. The molecule has 0 spiro atoms. The number of ketones is 1. The minimum Gasteiger partial charge on any atom is -0.486 e. The van der Waals surface area contributed by atoms with Crippen LogP contribution in [0.1, 0.15) is 33.3 Å². The largest absolute Gasteiger partial charge is 0.486 e. The number of rotatable bonds is 6. The lowest BCUT2D eigenvalue weighted by Gasteiger charge is -2.27. The number of fused-ring (bicyclic) bond motifs is 2. The van der Waals surface area contributed by atoms with E-state index in [-0.39, 0.29) is 17.6 Å². The molecule has 0 fully saturated rings. The van der Waals surface area contributed by atoms with E-state index < -0.39 is 0 Å². The Morgan fingerprint density at radius 2 is 1.91 bits per heavy atom. The van der Waals surface area contributed by atoms with Crippen LogP contribution in [0.3, 0.4) is 0 Å². The number of benzene rings is 1. The zero-order valence-electron chi connectivity index (χ0n) is 19.0. The molecule has 0 radical (unpaired) electrons. The fraction of sp³-hybridized carbons (Fsp3) is 0.333. The van der Waals surface area contributed by atoms with Crippen molar-refractivity contribution in [2.45, 2.75) is 45.5 Å². The molecule has 9 heteroatoms. The lowest BCUT2D eigenvalue weighted by molar-refractivity contribution is 0.0777. The fourth-order valence-electron chi connectivity index (χ4n) is 4.23. The first-order chi connectivity index (χ1) is 15.9. The van der Waals surface area contributed by atoms with Crippen molar-refractivity contribution < 1.29 is 14.3 Å². The Morgan fingerprint density at radius 3 is 2.73 bits per heavy atom. The molecule has 0 bridgehead atoms. The number of carbonyl (C=O) groups is 1. The minimum atomic E-state index is -0.122. The molecule has 0 saturated carbocycles. The van der Waals surface area contributed by atoms with E-state index in [1.54, 1.807) is 0 Å². The standard InChI is InChI=1S/C24H25N5O3S/c1-14-9-23-26-27-24(29(23)17(4)25-14)33-13-20(30)19-10-15(2)28(16(19)3)11-18-12-31-21-7-5-6-8-22(21)32-18/h5-10,18H,11-13H2,1-4H3. The van der Waals surface area contributed by atoms with Gasteiger partial charge in [-0.1, -0.05) is 23.9 Å². The molecule has 1 aromatic carbocycles. The van der Waals surface area contributed by atoms with Gasteiger partial charge in [-0.2, -0.15) is 0 Å². The van der Waals surface area contributed by atoms with Gasteiger partial charge in [-0.25, -0.2) is 4.98 Å². The SMILES string of the molecule is Cc1cc2nnc(SCC(=O)c3cc(C)n(CC4COc5ccccc5O4)c3C)n2c(C)n1. The van der Waals surface area contributed by atoms with E-state index in [4.69, 9.17) is 9.47 Å². The molecule has 1 unspecified atom stereocenters. The Kier molecular flexibility index (Phi) is 5.57. The van der Waals surface area contributed by atoms with Crippen LogP contribution >= 0.6 is 11.8 Å². The fourth-order valence-corrected chi connectivity index (χ4v) is 5.09. The second-order valence-electron chi connectivity index (χ2n) is 8.23. The number of aryl methyl sites for hydroxylation is 3. The summed E-state index contributed by atoms with van der Waals surface area (Å²) in [6, 6.07) is 11.5. The van der Waals surface area contributed by atoms with E-state index in [0.29, 0.717) is 18.3 Å². The van der Waals surface area contributed by atoms with Gasteiger partial charge in [0.25, 0.3) is 0 Å². The lowest BCUT2D eigenvalue weighted by Crippen LogP contribution is -2.33. The Labute approximate surface area is 196 Å². The highest BCUT2D eigenvalue weighted by atomic mass is 32.2. The minimum absolute atomic E-state index is 0.0555. The van der Waals surface area contributed by atoms with E-state index >= 15 is 0 Å². The highest BCUT2D eigenvalue weighted by molar-refractivity contribution is 7.99. The molecule has 1 aliphatic heterocycles. The molecule has 170 valence electrons. The second-order valence-corrected chi connectivity index (χ2v) is 9.17. The quantitative estimate of drug-likeness (QED) is 0.316. The topological polar surface area (TPSA) is 83.5 Å². The van der Waals surface area contributed by atoms with Crippen LogP contribution in [0.4, 0.5) is 0 Å². The number of ether oxygens (including phenoxy) is 2. The third kappa shape index (κ3) is 4.08. The summed E-state index contributed by atoms with van der Waals surface area (Å²) >= 11 is 1.38. The van der Waals surface area contributed by atoms with E-state index in [2.05, 4.69) is 19.7 Å². The third-order valence-electron chi connectivity index (χ3n) is 5.82. The number of aromatic nitrogens is 5. The van der Waals surface area contributed by atoms with Gasteiger partial charge >= 0.3 is 0 Å². The molecular formula is C24H25N5O3S. The summed E-state index contributed by atoms with van der Waals surface area (Å²) in [4.78, 5) is 17.6. The Balaban J connectivity index is 1.30. The van der Waals surface area contributed by atoms with Crippen LogP contribution in [-0.2, 0) is 6.54 Å². The summed E-state index contributed by atoms with van der Waals surface area (Å²) in [6.45, 7) is 8.92. The highest BCUT2D eigenvalue weighted by Crippen LogP contribution is 2.32. The van der Waals surface area contributed by atoms with E-state index in [1.807, 2.05) is 68.5 Å². The zero-order valence-corrected chi connectivity index (χ0v) is 19.8. The Hall–Kier alpha value is -3.33. The van der Waals surface area contributed by atoms with E-state index in [1.165, 1.54) is 11.8 Å². The molecule has 33 heavy (non-hydrogen) atoms. The second kappa shape index (κ2) is 8.55. The van der Waals surface area contributed by atoms with Crippen molar-refractivity contribution in [1.82, 2.24) is 24.1 Å². The van der Waals surface area contributed by atoms with Gasteiger partial charge in [0.1, 0.15) is 12.4 Å². The summed E-state index contributed by atoms with van der Waals surface area (Å²) in [7, 11) is 0. The molecule has 4 aromatic rings.